The number of benzene rings is 2. The number of Topliss-reactive ketones (excluding diaryl/α,β-unsaturated/α-hetero) is 1. The first kappa shape index (κ1) is 16.9. The van der Waals surface area contributed by atoms with Gasteiger partial charge in [-0.15, -0.1) is 0 Å². The van der Waals surface area contributed by atoms with E-state index in [4.69, 9.17) is 0 Å². The fourth-order valence-corrected chi connectivity index (χ4v) is 4.97. The standard InChI is InChI=1S/C23H20N2O3/c1-13-7-9-16(10-8-13)25-22(27)18-19(23(25)28)21-17-6-4-3-5-15(17)11-12-24(21)20(18)14(2)26/h3-12,18-21H,1-2H3/t18-,19+,20-,21-/m0/s1. The number of anilines is 1. The Balaban J connectivity index is 1.65. The molecule has 5 rings (SSSR count). The first-order chi connectivity index (χ1) is 13.5. The van der Waals surface area contributed by atoms with Crippen molar-refractivity contribution in [3.05, 3.63) is 71.4 Å². The normalized spacial score (nSPS) is 27.6. The van der Waals surface area contributed by atoms with E-state index in [0.717, 1.165) is 16.7 Å². The lowest BCUT2D eigenvalue weighted by molar-refractivity contribution is -0.129. The van der Waals surface area contributed by atoms with Gasteiger partial charge >= 0.3 is 0 Å². The zero-order valence-corrected chi connectivity index (χ0v) is 15.7. The van der Waals surface area contributed by atoms with Crippen molar-refractivity contribution in [1.82, 2.24) is 4.90 Å². The van der Waals surface area contributed by atoms with E-state index in [1.165, 1.54) is 11.8 Å². The minimum Gasteiger partial charge on any atom is -0.359 e. The summed E-state index contributed by atoms with van der Waals surface area (Å²) in [4.78, 5) is 42.6. The molecule has 0 spiro atoms. The molecule has 2 saturated heterocycles. The van der Waals surface area contributed by atoms with Crippen molar-refractivity contribution < 1.29 is 14.4 Å². The Morgan fingerprint density at radius 1 is 0.929 bits per heavy atom. The number of fused-ring (bicyclic) bond motifs is 5. The van der Waals surface area contributed by atoms with Crippen LogP contribution < -0.4 is 4.90 Å². The van der Waals surface area contributed by atoms with Crippen molar-refractivity contribution in [3.63, 3.8) is 0 Å². The Kier molecular flexibility index (Phi) is 3.56. The molecule has 3 aliphatic rings. The van der Waals surface area contributed by atoms with Gasteiger partial charge in [-0.2, -0.15) is 0 Å². The van der Waals surface area contributed by atoms with Crippen LogP contribution in [0, 0.1) is 18.8 Å². The Hall–Kier alpha value is -3.21. The third-order valence-electron chi connectivity index (χ3n) is 6.17. The van der Waals surface area contributed by atoms with Crippen molar-refractivity contribution in [3.8, 4) is 0 Å². The highest BCUT2D eigenvalue weighted by atomic mass is 16.2. The van der Waals surface area contributed by atoms with Gasteiger partial charge in [0, 0.05) is 6.20 Å². The summed E-state index contributed by atoms with van der Waals surface area (Å²) in [5.74, 6) is -1.81. The van der Waals surface area contributed by atoms with Crippen LogP contribution in [0.4, 0.5) is 5.69 Å². The molecule has 0 bridgehead atoms. The van der Waals surface area contributed by atoms with Gasteiger partial charge in [-0.1, -0.05) is 42.0 Å². The zero-order valence-electron chi connectivity index (χ0n) is 15.7. The highest BCUT2D eigenvalue weighted by molar-refractivity contribution is 6.24. The van der Waals surface area contributed by atoms with Crippen LogP contribution in [-0.2, 0) is 14.4 Å². The summed E-state index contributed by atoms with van der Waals surface area (Å²) < 4.78 is 0. The van der Waals surface area contributed by atoms with Crippen LogP contribution in [0.3, 0.4) is 0 Å². The Labute approximate surface area is 163 Å². The number of hydrogen-bond donors (Lipinski definition) is 0. The van der Waals surface area contributed by atoms with Crippen LogP contribution in [-0.4, -0.2) is 28.5 Å². The number of rotatable bonds is 2. The largest absolute Gasteiger partial charge is 0.359 e. The van der Waals surface area contributed by atoms with E-state index < -0.39 is 17.9 Å². The summed E-state index contributed by atoms with van der Waals surface area (Å²) in [7, 11) is 0. The predicted molar refractivity (Wildman–Crippen MR) is 105 cm³/mol. The second-order valence-corrected chi connectivity index (χ2v) is 7.79. The summed E-state index contributed by atoms with van der Waals surface area (Å²) in [5.41, 5.74) is 3.65. The van der Waals surface area contributed by atoms with Gasteiger partial charge < -0.3 is 4.90 Å². The SMILES string of the molecule is CC(=O)[C@H]1[C@H]2C(=O)N(c3ccc(C)cc3)C(=O)[C@H]2[C@@H]2c3ccccc3C=CN12. The van der Waals surface area contributed by atoms with E-state index in [-0.39, 0.29) is 23.6 Å². The topological polar surface area (TPSA) is 57.7 Å². The molecule has 0 radical (unpaired) electrons. The van der Waals surface area contributed by atoms with Gasteiger partial charge in [0.05, 0.1) is 29.6 Å². The molecule has 5 nitrogen and oxygen atoms in total. The fourth-order valence-electron chi connectivity index (χ4n) is 4.97. The maximum absolute atomic E-state index is 13.5. The summed E-state index contributed by atoms with van der Waals surface area (Å²) in [6.07, 6.45) is 3.82. The molecular weight excluding hydrogens is 352 g/mol. The van der Waals surface area contributed by atoms with Gasteiger partial charge in [-0.25, -0.2) is 4.90 Å². The molecule has 0 aliphatic carbocycles. The van der Waals surface area contributed by atoms with Gasteiger partial charge in [-0.05, 0) is 43.2 Å². The molecule has 3 heterocycles. The Bertz CT molecular complexity index is 1040. The first-order valence-corrected chi connectivity index (χ1v) is 9.48. The molecule has 2 fully saturated rings. The maximum Gasteiger partial charge on any atom is 0.240 e. The molecule has 5 heteroatoms. The smallest absolute Gasteiger partial charge is 0.240 e. The zero-order chi connectivity index (χ0) is 19.6. The van der Waals surface area contributed by atoms with E-state index in [1.807, 2.05) is 60.5 Å². The molecule has 0 aromatic heterocycles. The number of carbonyl (C=O) groups excluding carboxylic acids is 3. The Morgan fingerprint density at radius 3 is 2.32 bits per heavy atom. The number of imide groups is 1. The molecule has 2 aromatic carbocycles. The van der Waals surface area contributed by atoms with Crippen LogP contribution in [0.2, 0.25) is 0 Å². The first-order valence-electron chi connectivity index (χ1n) is 9.48. The number of amides is 2. The van der Waals surface area contributed by atoms with Gasteiger partial charge in [0.15, 0.2) is 5.78 Å². The third kappa shape index (κ3) is 2.16. The second-order valence-electron chi connectivity index (χ2n) is 7.79. The highest BCUT2D eigenvalue weighted by Gasteiger charge is 2.63. The van der Waals surface area contributed by atoms with Gasteiger partial charge in [0.25, 0.3) is 0 Å². The van der Waals surface area contributed by atoms with Crippen molar-refractivity contribution in [2.45, 2.75) is 25.9 Å². The molecule has 4 atom stereocenters. The average molecular weight is 372 g/mol. The van der Waals surface area contributed by atoms with Crippen molar-refractivity contribution in [1.29, 1.82) is 0 Å². The molecule has 2 aromatic rings. The van der Waals surface area contributed by atoms with Crippen molar-refractivity contribution in [2.24, 2.45) is 11.8 Å². The molecule has 0 unspecified atom stereocenters. The number of nitrogens with zero attached hydrogens (tertiary/aromatic N) is 2. The maximum atomic E-state index is 13.5. The molecular formula is C23H20N2O3. The Morgan fingerprint density at radius 2 is 1.61 bits per heavy atom. The molecule has 28 heavy (non-hydrogen) atoms. The van der Waals surface area contributed by atoms with Crippen LogP contribution >= 0.6 is 0 Å². The van der Waals surface area contributed by atoms with Gasteiger partial charge in [0.2, 0.25) is 11.8 Å². The van der Waals surface area contributed by atoms with Crippen molar-refractivity contribution in [2.75, 3.05) is 4.90 Å². The number of carbonyl (C=O) groups is 3. The quantitative estimate of drug-likeness (QED) is 0.760. The highest BCUT2D eigenvalue weighted by Crippen LogP contribution is 2.53. The minimum atomic E-state index is -0.660. The van der Waals surface area contributed by atoms with E-state index in [2.05, 4.69) is 0 Å². The average Bonchev–Trinajstić information content (AvgIpc) is 3.16. The van der Waals surface area contributed by atoms with E-state index in [9.17, 15) is 14.4 Å². The van der Waals surface area contributed by atoms with Gasteiger partial charge in [-0.3, -0.25) is 14.4 Å². The number of ketones is 1. The van der Waals surface area contributed by atoms with Crippen LogP contribution in [0.15, 0.2) is 54.7 Å². The van der Waals surface area contributed by atoms with E-state index >= 15 is 0 Å². The van der Waals surface area contributed by atoms with Gasteiger partial charge in [0.1, 0.15) is 0 Å². The lowest BCUT2D eigenvalue weighted by Gasteiger charge is -2.34. The molecule has 0 saturated carbocycles. The molecule has 2 amide bonds. The monoisotopic (exact) mass is 372 g/mol. The lowest BCUT2D eigenvalue weighted by atomic mass is 9.84. The number of aryl methyl sites for hydroxylation is 1. The fraction of sp³-hybridized carbons (Fsp3) is 0.261. The summed E-state index contributed by atoms with van der Waals surface area (Å²) in [5, 5.41) is 0. The predicted octanol–water partition coefficient (Wildman–Crippen LogP) is 3.10. The minimum absolute atomic E-state index is 0.0894. The third-order valence-corrected chi connectivity index (χ3v) is 6.17. The summed E-state index contributed by atoms with van der Waals surface area (Å²) in [6, 6.07) is 14.3. The number of hydrogen-bond acceptors (Lipinski definition) is 4. The molecule has 140 valence electrons. The van der Waals surface area contributed by atoms with E-state index in [0.29, 0.717) is 5.69 Å². The van der Waals surface area contributed by atoms with Crippen LogP contribution in [0.5, 0.6) is 0 Å². The van der Waals surface area contributed by atoms with E-state index in [1.54, 1.807) is 12.1 Å². The van der Waals surface area contributed by atoms with Crippen LogP contribution in [0.1, 0.15) is 29.7 Å². The molecule has 0 N–H and O–H groups in total. The summed E-state index contributed by atoms with van der Waals surface area (Å²) in [6.45, 7) is 3.46. The van der Waals surface area contributed by atoms with Crippen molar-refractivity contribution >= 4 is 29.4 Å². The van der Waals surface area contributed by atoms with Crippen LogP contribution in [0.25, 0.3) is 6.08 Å². The lowest BCUT2D eigenvalue weighted by Crippen LogP contribution is -2.43. The molecule has 3 aliphatic heterocycles. The summed E-state index contributed by atoms with van der Waals surface area (Å²) >= 11 is 0. The second kappa shape index (κ2) is 5.89.